The predicted molar refractivity (Wildman–Crippen MR) is 90.6 cm³/mol. The summed E-state index contributed by atoms with van der Waals surface area (Å²) < 4.78 is 6.23. The van der Waals surface area contributed by atoms with Crippen molar-refractivity contribution in [1.29, 1.82) is 0 Å². The van der Waals surface area contributed by atoms with Crippen molar-refractivity contribution in [2.75, 3.05) is 0 Å². The SMILES string of the molecule is c1ccc(C(Oc2ccc3ncccc3c2)c2nncs2)cc1. The molecule has 1 atom stereocenters. The lowest BCUT2D eigenvalue weighted by Gasteiger charge is -2.17. The van der Waals surface area contributed by atoms with Crippen molar-refractivity contribution in [3.05, 3.63) is 82.9 Å². The van der Waals surface area contributed by atoms with E-state index in [0.29, 0.717) is 0 Å². The molecule has 0 saturated carbocycles. The quantitative estimate of drug-likeness (QED) is 0.564. The van der Waals surface area contributed by atoms with Gasteiger partial charge < -0.3 is 4.74 Å². The molecule has 0 fully saturated rings. The van der Waals surface area contributed by atoms with E-state index in [1.165, 1.54) is 11.3 Å². The van der Waals surface area contributed by atoms with E-state index in [9.17, 15) is 0 Å². The number of nitrogens with zero attached hydrogens (tertiary/aromatic N) is 3. The minimum atomic E-state index is -0.266. The molecule has 0 spiro atoms. The van der Waals surface area contributed by atoms with Gasteiger partial charge in [0.2, 0.25) is 0 Å². The van der Waals surface area contributed by atoms with Crippen LogP contribution < -0.4 is 4.74 Å². The van der Waals surface area contributed by atoms with Crippen LogP contribution in [0.1, 0.15) is 16.7 Å². The summed E-state index contributed by atoms with van der Waals surface area (Å²) in [5, 5.41) is 10.0. The van der Waals surface area contributed by atoms with Gasteiger partial charge in [-0.15, -0.1) is 21.5 Å². The fraction of sp³-hybridized carbons (Fsp3) is 0.0556. The molecule has 0 aliphatic rings. The Bertz CT molecular complexity index is 910. The Morgan fingerprint density at radius 1 is 0.957 bits per heavy atom. The number of benzene rings is 2. The highest BCUT2D eigenvalue weighted by Crippen LogP contribution is 2.30. The second-order valence-electron chi connectivity index (χ2n) is 5.04. The van der Waals surface area contributed by atoms with Gasteiger partial charge in [0.1, 0.15) is 11.3 Å². The Hall–Kier alpha value is -2.79. The van der Waals surface area contributed by atoms with E-state index in [4.69, 9.17) is 4.74 Å². The maximum Gasteiger partial charge on any atom is 0.177 e. The lowest BCUT2D eigenvalue weighted by Crippen LogP contribution is -2.09. The molecule has 23 heavy (non-hydrogen) atoms. The maximum atomic E-state index is 6.23. The number of pyridine rings is 1. The average Bonchev–Trinajstić information content (AvgIpc) is 3.14. The van der Waals surface area contributed by atoms with Crippen molar-refractivity contribution < 1.29 is 4.74 Å². The molecule has 0 aliphatic carbocycles. The third kappa shape index (κ3) is 2.91. The molecule has 2 aromatic carbocycles. The first-order valence-electron chi connectivity index (χ1n) is 7.22. The molecule has 0 aliphatic heterocycles. The van der Waals surface area contributed by atoms with Gasteiger partial charge >= 0.3 is 0 Å². The summed E-state index contributed by atoms with van der Waals surface area (Å²) in [6.07, 6.45) is 1.52. The lowest BCUT2D eigenvalue weighted by molar-refractivity contribution is 0.246. The zero-order chi connectivity index (χ0) is 15.5. The molecule has 0 radical (unpaired) electrons. The van der Waals surface area contributed by atoms with Crippen LogP contribution in [0.15, 0.2) is 72.4 Å². The Kier molecular flexibility index (Phi) is 3.70. The van der Waals surface area contributed by atoms with Gasteiger partial charge in [0.25, 0.3) is 0 Å². The molecule has 1 unspecified atom stereocenters. The zero-order valence-electron chi connectivity index (χ0n) is 12.2. The second-order valence-corrected chi connectivity index (χ2v) is 5.91. The molecule has 4 rings (SSSR count). The summed E-state index contributed by atoms with van der Waals surface area (Å²) in [7, 11) is 0. The van der Waals surface area contributed by atoms with Gasteiger partial charge in [0, 0.05) is 11.6 Å². The smallest absolute Gasteiger partial charge is 0.177 e. The van der Waals surface area contributed by atoms with E-state index in [0.717, 1.165) is 27.2 Å². The van der Waals surface area contributed by atoms with Gasteiger partial charge in [0.05, 0.1) is 5.52 Å². The summed E-state index contributed by atoms with van der Waals surface area (Å²) in [5.74, 6) is 0.787. The highest BCUT2D eigenvalue weighted by Gasteiger charge is 2.19. The molecule has 4 aromatic rings. The van der Waals surface area contributed by atoms with E-state index < -0.39 is 0 Å². The molecule has 0 saturated heterocycles. The van der Waals surface area contributed by atoms with Crippen molar-refractivity contribution in [3.8, 4) is 5.75 Å². The van der Waals surface area contributed by atoms with Crippen LogP contribution in [0, 0.1) is 0 Å². The minimum absolute atomic E-state index is 0.266. The summed E-state index contributed by atoms with van der Waals surface area (Å²) >= 11 is 1.49. The van der Waals surface area contributed by atoms with Crippen LogP contribution in [-0.2, 0) is 0 Å². The van der Waals surface area contributed by atoms with E-state index in [-0.39, 0.29) is 6.10 Å². The molecule has 4 nitrogen and oxygen atoms in total. The van der Waals surface area contributed by atoms with Crippen LogP contribution in [0.5, 0.6) is 5.75 Å². The molecule has 2 aromatic heterocycles. The molecule has 0 bridgehead atoms. The number of ether oxygens (including phenoxy) is 1. The van der Waals surface area contributed by atoms with Crippen LogP contribution in [0.25, 0.3) is 10.9 Å². The minimum Gasteiger partial charge on any atom is -0.478 e. The fourth-order valence-electron chi connectivity index (χ4n) is 2.45. The van der Waals surface area contributed by atoms with Gasteiger partial charge in [-0.2, -0.15) is 0 Å². The van der Waals surface area contributed by atoms with Gasteiger partial charge in [-0.05, 0) is 29.8 Å². The molecule has 2 heterocycles. The zero-order valence-corrected chi connectivity index (χ0v) is 13.0. The summed E-state index contributed by atoms with van der Waals surface area (Å²) in [4.78, 5) is 4.33. The van der Waals surface area contributed by atoms with Crippen molar-refractivity contribution in [2.24, 2.45) is 0 Å². The number of fused-ring (bicyclic) bond motifs is 1. The van der Waals surface area contributed by atoms with E-state index in [1.807, 2.05) is 60.7 Å². The topological polar surface area (TPSA) is 47.9 Å². The van der Waals surface area contributed by atoms with Gasteiger partial charge in [-0.25, -0.2) is 0 Å². The van der Waals surface area contributed by atoms with Crippen LogP contribution >= 0.6 is 11.3 Å². The highest BCUT2D eigenvalue weighted by molar-refractivity contribution is 7.09. The van der Waals surface area contributed by atoms with Crippen LogP contribution in [-0.4, -0.2) is 15.2 Å². The van der Waals surface area contributed by atoms with Gasteiger partial charge in [-0.3, -0.25) is 4.98 Å². The number of aromatic nitrogens is 3. The Labute approximate surface area is 137 Å². The lowest BCUT2D eigenvalue weighted by atomic mass is 10.1. The number of rotatable bonds is 4. The molecule has 0 N–H and O–H groups in total. The van der Waals surface area contributed by atoms with Crippen molar-refractivity contribution in [1.82, 2.24) is 15.2 Å². The molecular weight excluding hydrogens is 306 g/mol. The van der Waals surface area contributed by atoms with Crippen molar-refractivity contribution in [2.45, 2.75) is 6.10 Å². The Balaban J connectivity index is 1.72. The third-order valence-corrected chi connectivity index (χ3v) is 4.27. The van der Waals surface area contributed by atoms with Crippen molar-refractivity contribution >= 4 is 22.2 Å². The van der Waals surface area contributed by atoms with Crippen molar-refractivity contribution in [3.63, 3.8) is 0 Å². The average molecular weight is 319 g/mol. The normalized spacial score (nSPS) is 12.2. The molecule has 5 heteroatoms. The van der Waals surface area contributed by atoms with E-state index >= 15 is 0 Å². The first-order valence-corrected chi connectivity index (χ1v) is 8.10. The standard InChI is InChI=1S/C18H13N3OS/c1-2-5-13(6-3-1)17(18-21-20-12-23-18)22-15-8-9-16-14(11-15)7-4-10-19-16/h1-12,17H. The predicted octanol–water partition coefficient (Wildman–Crippen LogP) is 4.25. The van der Waals surface area contributed by atoms with Gasteiger partial charge in [0.15, 0.2) is 11.1 Å². The van der Waals surface area contributed by atoms with Crippen LogP contribution in [0.3, 0.4) is 0 Å². The first-order chi connectivity index (χ1) is 11.4. The maximum absolute atomic E-state index is 6.23. The summed E-state index contributed by atoms with van der Waals surface area (Å²) in [6, 6.07) is 19.9. The molecule has 0 amide bonds. The highest BCUT2D eigenvalue weighted by atomic mass is 32.1. The number of hydrogen-bond acceptors (Lipinski definition) is 5. The van der Waals surface area contributed by atoms with Crippen LogP contribution in [0.4, 0.5) is 0 Å². The van der Waals surface area contributed by atoms with Crippen LogP contribution in [0.2, 0.25) is 0 Å². The van der Waals surface area contributed by atoms with E-state index in [1.54, 1.807) is 11.7 Å². The largest absolute Gasteiger partial charge is 0.478 e. The van der Waals surface area contributed by atoms with E-state index in [2.05, 4.69) is 15.2 Å². The fourth-order valence-corrected chi connectivity index (χ4v) is 3.05. The monoisotopic (exact) mass is 319 g/mol. The summed E-state index contributed by atoms with van der Waals surface area (Å²) in [5.41, 5.74) is 3.72. The Morgan fingerprint density at radius 3 is 2.70 bits per heavy atom. The van der Waals surface area contributed by atoms with Gasteiger partial charge in [-0.1, -0.05) is 36.4 Å². The Morgan fingerprint density at radius 2 is 1.87 bits per heavy atom. The second kappa shape index (κ2) is 6.14. The summed E-state index contributed by atoms with van der Waals surface area (Å²) in [6.45, 7) is 0. The molecule has 112 valence electrons. The first kappa shape index (κ1) is 13.8. The number of hydrogen-bond donors (Lipinski definition) is 0. The molecular formula is C18H13N3OS. The third-order valence-electron chi connectivity index (χ3n) is 3.53.